The molecule has 2 aliphatic heterocycles. The van der Waals surface area contributed by atoms with E-state index in [2.05, 4.69) is 40.2 Å². The summed E-state index contributed by atoms with van der Waals surface area (Å²) in [5.41, 5.74) is 5.12. The molecule has 0 radical (unpaired) electrons. The maximum atomic E-state index is 12.2. The van der Waals surface area contributed by atoms with Gasteiger partial charge in [-0.05, 0) is 84.8 Å². The molecule has 3 heterocycles. The number of hydrogen-bond donors (Lipinski definition) is 1. The Labute approximate surface area is 188 Å². The van der Waals surface area contributed by atoms with Crippen LogP contribution in [0.2, 0.25) is 0 Å². The number of nitrogens with one attached hydrogen (secondary N) is 1. The van der Waals surface area contributed by atoms with Crippen LogP contribution in [0.25, 0.3) is 16.5 Å². The van der Waals surface area contributed by atoms with Crippen LogP contribution in [0.4, 0.5) is 0 Å². The minimum atomic E-state index is 0.000417. The lowest BCUT2D eigenvalue weighted by Crippen LogP contribution is -2.29. The Kier molecular flexibility index (Phi) is 5.99. The van der Waals surface area contributed by atoms with E-state index in [-0.39, 0.29) is 5.56 Å². The molecule has 2 aliphatic rings. The van der Waals surface area contributed by atoms with Crippen LogP contribution in [0, 0.1) is 0 Å². The standard InChI is InChI=1S/C27H30N2O3/c1-2-19-16-22-17-20(6-8-24(22)28-27(19)30)23(10-13-29-11-4-3-5-12-29)21-7-9-25-26(18-21)32-15-14-31-25/h6-10,16-18H,2-5,11-15H2,1H3,(H,28,30)/b23-10-. The van der Waals surface area contributed by atoms with Crippen molar-refractivity contribution in [1.29, 1.82) is 0 Å². The molecule has 2 aromatic carbocycles. The molecule has 0 spiro atoms. The van der Waals surface area contributed by atoms with Crippen molar-refractivity contribution in [2.24, 2.45) is 0 Å². The molecule has 1 fully saturated rings. The quantitative estimate of drug-likeness (QED) is 0.633. The molecule has 1 aromatic heterocycles. The molecule has 3 aromatic rings. The van der Waals surface area contributed by atoms with Gasteiger partial charge in [0, 0.05) is 17.6 Å². The molecule has 5 rings (SSSR count). The molecule has 32 heavy (non-hydrogen) atoms. The zero-order valence-electron chi connectivity index (χ0n) is 18.7. The minimum Gasteiger partial charge on any atom is -0.486 e. The van der Waals surface area contributed by atoms with Crippen molar-refractivity contribution in [3.63, 3.8) is 0 Å². The Hall–Kier alpha value is -3.05. The fourth-order valence-electron chi connectivity index (χ4n) is 4.66. The van der Waals surface area contributed by atoms with Gasteiger partial charge in [-0.2, -0.15) is 0 Å². The van der Waals surface area contributed by atoms with Gasteiger partial charge in [-0.3, -0.25) is 9.69 Å². The molecule has 1 saturated heterocycles. The number of H-pyrrole nitrogens is 1. The van der Waals surface area contributed by atoms with Crippen LogP contribution in [-0.4, -0.2) is 42.7 Å². The van der Waals surface area contributed by atoms with Crippen LogP contribution in [-0.2, 0) is 6.42 Å². The summed E-state index contributed by atoms with van der Waals surface area (Å²) >= 11 is 0. The number of hydrogen-bond acceptors (Lipinski definition) is 4. The second-order valence-corrected chi connectivity index (χ2v) is 8.62. The summed E-state index contributed by atoms with van der Waals surface area (Å²) in [7, 11) is 0. The second kappa shape index (κ2) is 9.21. The van der Waals surface area contributed by atoms with Crippen LogP contribution in [0.5, 0.6) is 11.5 Å². The smallest absolute Gasteiger partial charge is 0.251 e. The average molecular weight is 431 g/mol. The Morgan fingerprint density at radius 1 is 0.969 bits per heavy atom. The maximum Gasteiger partial charge on any atom is 0.251 e. The molecular formula is C27H30N2O3. The van der Waals surface area contributed by atoms with Crippen molar-refractivity contribution in [1.82, 2.24) is 9.88 Å². The molecule has 1 N–H and O–H groups in total. The molecule has 5 nitrogen and oxygen atoms in total. The van der Waals surface area contributed by atoms with Crippen LogP contribution in [0.15, 0.2) is 53.3 Å². The summed E-state index contributed by atoms with van der Waals surface area (Å²) < 4.78 is 11.6. The first-order chi connectivity index (χ1) is 15.7. The van der Waals surface area contributed by atoms with Crippen molar-refractivity contribution in [3.8, 4) is 11.5 Å². The fourth-order valence-corrected chi connectivity index (χ4v) is 4.66. The monoisotopic (exact) mass is 430 g/mol. The van der Waals surface area contributed by atoms with Gasteiger partial charge in [0.15, 0.2) is 11.5 Å². The van der Waals surface area contributed by atoms with Gasteiger partial charge in [-0.15, -0.1) is 0 Å². The lowest BCUT2D eigenvalue weighted by Gasteiger charge is -2.25. The number of aromatic amines is 1. The third-order valence-corrected chi connectivity index (χ3v) is 6.47. The third kappa shape index (κ3) is 4.30. The Morgan fingerprint density at radius 3 is 2.53 bits per heavy atom. The van der Waals surface area contributed by atoms with E-state index in [1.165, 1.54) is 24.8 Å². The van der Waals surface area contributed by atoms with Crippen molar-refractivity contribution >= 4 is 16.5 Å². The van der Waals surface area contributed by atoms with Gasteiger partial charge in [-0.1, -0.05) is 31.6 Å². The van der Waals surface area contributed by atoms with Crippen molar-refractivity contribution in [2.45, 2.75) is 32.6 Å². The number of piperidine rings is 1. The molecule has 0 aliphatic carbocycles. The van der Waals surface area contributed by atoms with Gasteiger partial charge in [0.05, 0.1) is 0 Å². The summed E-state index contributed by atoms with van der Waals surface area (Å²) in [4.78, 5) is 17.8. The summed E-state index contributed by atoms with van der Waals surface area (Å²) in [5.74, 6) is 1.61. The molecule has 166 valence electrons. The van der Waals surface area contributed by atoms with Gasteiger partial charge in [0.2, 0.25) is 0 Å². The van der Waals surface area contributed by atoms with E-state index in [9.17, 15) is 4.79 Å². The topological polar surface area (TPSA) is 54.6 Å². The van der Waals surface area contributed by atoms with Crippen molar-refractivity contribution in [2.75, 3.05) is 32.8 Å². The van der Waals surface area contributed by atoms with Crippen LogP contribution in [0.3, 0.4) is 0 Å². The summed E-state index contributed by atoms with van der Waals surface area (Å²) in [6, 6.07) is 14.5. The molecular weight excluding hydrogens is 400 g/mol. The fraction of sp³-hybridized carbons (Fsp3) is 0.370. The van der Waals surface area contributed by atoms with Gasteiger partial charge in [0.25, 0.3) is 5.56 Å². The Bertz CT molecular complexity index is 1210. The van der Waals surface area contributed by atoms with Crippen molar-refractivity contribution in [3.05, 3.63) is 75.6 Å². The third-order valence-electron chi connectivity index (χ3n) is 6.47. The van der Waals surface area contributed by atoms with Gasteiger partial charge in [-0.25, -0.2) is 0 Å². The normalized spacial score (nSPS) is 17.0. The largest absolute Gasteiger partial charge is 0.486 e. The van der Waals surface area contributed by atoms with E-state index in [0.29, 0.717) is 13.2 Å². The summed E-state index contributed by atoms with van der Waals surface area (Å²) in [5, 5.41) is 1.06. The highest BCUT2D eigenvalue weighted by atomic mass is 16.6. The van der Waals surface area contributed by atoms with E-state index in [1.807, 2.05) is 25.1 Å². The maximum absolute atomic E-state index is 12.2. The van der Waals surface area contributed by atoms with Crippen LogP contribution in [0.1, 0.15) is 42.9 Å². The van der Waals surface area contributed by atoms with Crippen LogP contribution >= 0.6 is 0 Å². The predicted octanol–water partition coefficient (Wildman–Crippen LogP) is 4.78. The number of rotatable bonds is 5. The first kappa shape index (κ1) is 20.8. The van der Waals surface area contributed by atoms with E-state index in [1.54, 1.807) is 0 Å². The number of aryl methyl sites for hydroxylation is 1. The first-order valence-corrected chi connectivity index (χ1v) is 11.7. The van der Waals surface area contributed by atoms with Crippen LogP contribution < -0.4 is 15.0 Å². The summed E-state index contributed by atoms with van der Waals surface area (Å²) in [6.07, 6.45) is 6.93. The molecule has 0 bridgehead atoms. The highest BCUT2D eigenvalue weighted by molar-refractivity contribution is 5.88. The lowest BCUT2D eigenvalue weighted by atomic mass is 9.95. The number of nitrogens with zero attached hydrogens (tertiary/aromatic N) is 1. The Balaban J connectivity index is 1.57. The number of aromatic nitrogens is 1. The zero-order chi connectivity index (χ0) is 21.9. The van der Waals surface area contributed by atoms with E-state index < -0.39 is 0 Å². The average Bonchev–Trinajstić information content (AvgIpc) is 2.84. The van der Waals surface area contributed by atoms with E-state index >= 15 is 0 Å². The van der Waals surface area contributed by atoms with E-state index in [4.69, 9.17) is 9.47 Å². The number of fused-ring (bicyclic) bond motifs is 2. The minimum absolute atomic E-state index is 0.000417. The Morgan fingerprint density at radius 2 is 1.72 bits per heavy atom. The SMILES string of the molecule is CCc1cc2cc(/C(=C/CN3CCCCC3)c3ccc4c(c3)OCCO4)ccc2[nH]c1=O. The van der Waals surface area contributed by atoms with Gasteiger partial charge >= 0.3 is 0 Å². The number of benzene rings is 2. The first-order valence-electron chi connectivity index (χ1n) is 11.7. The highest BCUT2D eigenvalue weighted by Crippen LogP contribution is 2.35. The highest BCUT2D eigenvalue weighted by Gasteiger charge is 2.16. The predicted molar refractivity (Wildman–Crippen MR) is 129 cm³/mol. The second-order valence-electron chi connectivity index (χ2n) is 8.62. The number of pyridine rings is 1. The molecule has 0 saturated carbocycles. The van der Waals surface area contributed by atoms with E-state index in [0.717, 1.165) is 65.1 Å². The molecule has 0 unspecified atom stereocenters. The van der Waals surface area contributed by atoms with Crippen molar-refractivity contribution < 1.29 is 9.47 Å². The van der Waals surface area contributed by atoms with Gasteiger partial charge in [0.1, 0.15) is 13.2 Å². The van der Waals surface area contributed by atoms with Gasteiger partial charge < -0.3 is 14.5 Å². The summed E-state index contributed by atoms with van der Waals surface area (Å²) in [6.45, 7) is 6.42. The number of likely N-dealkylation sites (tertiary alicyclic amines) is 1. The number of ether oxygens (including phenoxy) is 2. The molecule has 0 amide bonds. The molecule has 0 atom stereocenters. The molecule has 5 heteroatoms. The zero-order valence-corrected chi connectivity index (χ0v) is 18.7. The lowest BCUT2D eigenvalue weighted by molar-refractivity contribution is 0.171.